The Kier molecular flexibility index (Phi) is 6.62. The number of benzene rings is 2. The van der Waals surface area contributed by atoms with E-state index in [0.29, 0.717) is 11.0 Å². The van der Waals surface area contributed by atoms with Gasteiger partial charge in [-0.2, -0.15) is 0 Å². The molecule has 9 heteroatoms. The van der Waals surface area contributed by atoms with E-state index < -0.39 is 9.84 Å². The van der Waals surface area contributed by atoms with Crippen molar-refractivity contribution in [1.82, 2.24) is 14.8 Å². The van der Waals surface area contributed by atoms with Gasteiger partial charge in [-0.1, -0.05) is 35.5 Å². The van der Waals surface area contributed by atoms with E-state index in [0.717, 1.165) is 22.4 Å². The summed E-state index contributed by atoms with van der Waals surface area (Å²) in [4.78, 5) is 12.5. The fourth-order valence-corrected chi connectivity index (χ4v) is 5.01. The number of carbonyl (C=O) groups is 1. The minimum Gasteiger partial charge on any atom is -0.325 e. The van der Waals surface area contributed by atoms with Gasteiger partial charge in [0.25, 0.3) is 0 Å². The van der Waals surface area contributed by atoms with Crippen molar-refractivity contribution >= 4 is 33.2 Å². The zero-order valence-electron chi connectivity index (χ0n) is 17.3. The van der Waals surface area contributed by atoms with Gasteiger partial charge < -0.3 is 9.88 Å². The number of sulfone groups is 1. The lowest BCUT2D eigenvalue weighted by molar-refractivity contribution is -0.113. The van der Waals surface area contributed by atoms with Gasteiger partial charge in [-0.3, -0.25) is 4.79 Å². The summed E-state index contributed by atoms with van der Waals surface area (Å²) >= 11 is 1.21. The summed E-state index contributed by atoms with van der Waals surface area (Å²) in [5, 5.41) is 11.4. The number of anilines is 1. The molecule has 0 aliphatic carbocycles. The second-order valence-corrected chi connectivity index (χ2v) is 10.2. The molecule has 30 heavy (non-hydrogen) atoms. The Morgan fingerprint density at radius 2 is 1.63 bits per heavy atom. The molecule has 0 saturated carbocycles. The average Bonchev–Trinajstić information content (AvgIpc) is 2.99. The van der Waals surface area contributed by atoms with E-state index in [1.54, 1.807) is 35.9 Å². The van der Waals surface area contributed by atoms with Gasteiger partial charge >= 0.3 is 0 Å². The van der Waals surface area contributed by atoms with Gasteiger partial charge in [-0.25, -0.2) is 8.42 Å². The standard InChI is InChI=1S/C21H24N4O3S2/c1-14-5-7-18(8-6-14)30(27,28)13-19-23-24-21(25(19)4)29-12-20(26)22-17-10-15(2)9-16(3)11-17/h5-11H,12-13H2,1-4H3,(H,22,26). The van der Waals surface area contributed by atoms with Crippen LogP contribution in [0, 0.1) is 20.8 Å². The van der Waals surface area contributed by atoms with Crippen molar-refractivity contribution in [3.63, 3.8) is 0 Å². The van der Waals surface area contributed by atoms with Crippen LogP contribution in [0.3, 0.4) is 0 Å². The van der Waals surface area contributed by atoms with E-state index in [4.69, 9.17) is 0 Å². The zero-order valence-corrected chi connectivity index (χ0v) is 19.0. The van der Waals surface area contributed by atoms with E-state index >= 15 is 0 Å². The number of hydrogen-bond donors (Lipinski definition) is 1. The van der Waals surface area contributed by atoms with Crippen molar-refractivity contribution in [1.29, 1.82) is 0 Å². The highest BCUT2D eigenvalue weighted by atomic mass is 32.2. The normalized spacial score (nSPS) is 11.5. The predicted molar refractivity (Wildman–Crippen MR) is 118 cm³/mol. The van der Waals surface area contributed by atoms with E-state index in [9.17, 15) is 13.2 Å². The van der Waals surface area contributed by atoms with Crippen LogP contribution >= 0.6 is 11.8 Å². The van der Waals surface area contributed by atoms with Crippen molar-refractivity contribution in [2.24, 2.45) is 7.05 Å². The third-order valence-electron chi connectivity index (χ3n) is 4.46. The Bertz CT molecular complexity index is 1150. The minimum atomic E-state index is -3.53. The van der Waals surface area contributed by atoms with Crippen LogP contribution in [0.25, 0.3) is 0 Å². The van der Waals surface area contributed by atoms with Crippen LogP contribution < -0.4 is 5.32 Å². The number of thioether (sulfide) groups is 1. The first-order valence-electron chi connectivity index (χ1n) is 9.33. The predicted octanol–water partition coefficient (Wildman–Crippen LogP) is 3.45. The molecular weight excluding hydrogens is 420 g/mol. The lowest BCUT2D eigenvalue weighted by atomic mass is 10.1. The van der Waals surface area contributed by atoms with Crippen LogP contribution in [0.15, 0.2) is 52.5 Å². The lowest BCUT2D eigenvalue weighted by Gasteiger charge is -2.08. The Hall–Kier alpha value is -2.65. The molecule has 2 aromatic carbocycles. The molecule has 3 rings (SSSR count). The van der Waals surface area contributed by atoms with Crippen molar-refractivity contribution in [2.45, 2.75) is 36.6 Å². The van der Waals surface area contributed by atoms with Crippen LogP contribution in [0.4, 0.5) is 5.69 Å². The SMILES string of the molecule is Cc1ccc(S(=O)(=O)Cc2nnc(SCC(=O)Nc3cc(C)cc(C)c3)n2C)cc1. The zero-order chi connectivity index (χ0) is 21.9. The number of rotatable bonds is 7. The summed E-state index contributed by atoms with van der Waals surface area (Å²) in [5.41, 5.74) is 3.89. The molecule has 0 saturated heterocycles. The van der Waals surface area contributed by atoms with E-state index in [1.807, 2.05) is 39.0 Å². The van der Waals surface area contributed by atoms with Gasteiger partial charge in [0.1, 0.15) is 11.6 Å². The van der Waals surface area contributed by atoms with Gasteiger partial charge in [0.15, 0.2) is 15.0 Å². The number of hydrogen-bond acceptors (Lipinski definition) is 6. The van der Waals surface area contributed by atoms with Crippen LogP contribution in [-0.4, -0.2) is 34.8 Å². The number of aryl methyl sites for hydroxylation is 3. The van der Waals surface area contributed by atoms with Gasteiger partial charge in [0, 0.05) is 12.7 Å². The largest absolute Gasteiger partial charge is 0.325 e. The molecule has 0 radical (unpaired) electrons. The van der Waals surface area contributed by atoms with E-state index in [1.165, 1.54) is 11.8 Å². The molecule has 3 aromatic rings. The van der Waals surface area contributed by atoms with Crippen molar-refractivity contribution < 1.29 is 13.2 Å². The van der Waals surface area contributed by atoms with Gasteiger partial charge in [-0.05, 0) is 56.2 Å². The van der Waals surface area contributed by atoms with Crippen LogP contribution in [0.2, 0.25) is 0 Å². The summed E-state index contributed by atoms with van der Waals surface area (Å²) in [6, 6.07) is 12.6. The number of nitrogens with one attached hydrogen (secondary N) is 1. The number of nitrogens with zero attached hydrogens (tertiary/aromatic N) is 3. The number of aromatic nitrogens is 3. The van der Waals surface area contributed by atoms with Crippen molar-refractivity contribution in [3.8, 4) is 0 Å². The first-order chi connectivity index (χ1) is 14.1. The van der Waals surface area contributed by atoms with Crippen molar-refractivity contribution in [2.75, 3.05) is 11.1 Å². The average molecular weight is 445 g/mol. The number of carbonyl (C=O) groups excluding carboxylic acids is 1. The molecule has 0 aliphatic rings. The van der Waals surface area contributed by atoms with E-state index in [-0.39, 0.29) is 22.3 Å². The third-order valence-corrected chi connectivity index (χ3v) is 7.11. The third kappa shape index (κ3) is 5.48. The second-order valence-electron chi connectivity index (χ2n) is 7.24. The van der Waals surface area contributed by atoms with Crippen LogP contribution in [0.1, 0.15) is 22.5 Å². The molecule has 158 valence electrons. The molecule has 1 amide bonds. The maximum Gasteiger partial charge on any atom is 0.234 e. The summed E-state index contributed by atoms with van der Waals surface area (Å²) in [6.07, 6.45) is 0. The maximum atomic E-state index is 12.6. The first-order valence-corrected chi connectivity index (χ1v) is 12.0. The molecule has 0 spiro atoms. The molecule has 1 N–H and O–H groups in total. The molecule has 0 bridgehead atoms. The molecule has 0 unspecified atom stereocenters. The molecule has 0 fully saturated rings. The molecule has 0 aliphatic heterocycles. The van der Waals surface area contributed by atoms with Crippen LogP contribution in [0.5, 0.6) is 0 Å². The molecule has 7 nitrogen and oxygen atoms in total. The molecular formula is C21H24N4O3S2. The first kappa shape index (κ1) is 22.0. The second kappa shape index (κ2) is 9.01. The summed E-state index contributed by atoms with van der Waals surface area (Å²) < 4.78 is 26.9. The quantitative estimate of drug-likeness (QED) is 0.561. The highest BCUT2D eigenvalue weighted by Gasteiger charge is 2.20. The maximum absolute atomic E-state index is 12.6. The van der Waals surface area contributed by atoms with Crippen molar-refractivity contribution in [3.05, 3.63) is 65.0 Å². The number of amides is 1. The highest BCUT2D eigenvalue weighted by Crippen LogP contribution is 2.21. The Morgan fingerprint density at radius 3 is 2.27 bits per heavy atom. The Balaban J connectivity index is 1.63. The minimum absolute atomic E-state index is 0.143. The lowest BCUT2D eigenvalue weighted by Crippen LogP contribution is -2.15. The smallest absolute Gasteiger partial charge is 0.234 e. The van der Waals surface area contributed by atoms with Crippen LogP contribution in [-0.2, 0) is 27.4 Å². The van der Waals surface area contributed by atoms with Gasteiger partial charge in [-0.15, -0.1) is 10.2 Å². The Morgan fingerprint density at radius 1 is 1.00 bits per heavy atom. The molecule has 0 atom stereocenters. The summed E-state index contributed by atoms with van der Waals surface area (Å²) in [6.45, 7) is 5.85. The fraction of sp³-hybridized carbons (Fsp3) is 0.286. The molecule has 1 heterocycles. The van der Waals surface area contributed by atoms with E-state index in [2.05, 4.69) is 15.5 Å². The summed E-state index contributed by atoms with van der Waals surface area (Å²) in [7, 11) is -1.83. The van der Waals surface area contributed by atoms with Gasteiger partial charge in [0.05, 0.1) is 10.6 Å². The fourth-order valence-electron chi connectivity index (χ4n) is 2.97. The van der Waals surface area contributed by atoms with Gasteiger partial charge in [0.2, 0.25) is 5.91 Å². The Labute approximate surface area is 180 Å². The highest BCUT2D eigenvalue weighted by molar-refractivity contribution is 7.99. The molecule has 1 aromatic heterocycles. The monoisotopic (exact) mass is 444 g/mol. The summed E-state index contributed by atoms with van der Waals surface area (Å²) in [5.74, 6) is 0.0491. The topological polar surface area (TPSA) is 94.0 Å².